The molecule has 0 atom stereocenters. The Labute approximate surface area is 104 Å². The molecule has 0 saturated carbocycles. The monoisotopic (exact) mass is 237 g/mol. The molecule has 1 rings (SSSR count). The van der Waals surface area contributed by atoms with Gasteiger partial charge in [0.05, 0.1) is 6.61 Å². The number of hydrogen-bond donors (Lipinski definition) is 1. The smallest absolute Gasteiger partial charge is 0.133 e. The van der Waals surface area contributed by atoms with Crippen LogP contribution in [-0.2, 0) is 0 Å². The highest BCUT2D eigenvalue weighted by Gasteiger charge is 2.14. The van der Waals surface area contributed by atoms with Gasteiger partial charge in [-0.05, 0) is 20.8 Å². The Hall–Kier alpha value is -1.16. The van der Waals surface area contributed by atoms with Crippen molar-refractivity contribution in [2.75, 3.05) is 18.1 Å². The van der Waals surface area contributed by atoms with E-state index >= 15 is 0 Å². The molecule has 0 aromatic carbocycles. The number of nitrogens with zero attached hydrogens (tertiary/aromatic N) is 3. The Morgan fingerprint density at radius 2 is 1.88 bits per heavy atom. The Morgan fingerprint density at radius 3 is 2.35 bits per heavy atom. The molecule has 0 amide bonds. The van der Waals surface area contributed by atoms with E-state index in [-0.39, 0.29) is 6.61 Å². The minimum absolute atomic E-state index is 0.137. The molecule has 0 aliphatic rings. The van der Waals surface area contributed by atoms with E-state index in [1.165, 1.54) is 0 Å². The lowest BCUT2D eigenvalue weighted by Gasteiger charge is -2.27. The van der Waals surface area contributed by atoms with Crippen molar-refractivity contribution in [3.8, 4) is 0 Å². The van der Waals surface area contributed by atoms with Crippen LogP contribution in [0.25, 0.3) is 0 Å². The van der Waals surface area contributed by atoms with Gasteiger partial charge in [-0.3, -0.25) is 0 Å². The summed E-state index contributed by atoms with van der Waals surface area (Å²) in [5.74, 6) is 2.09. The number of anilines is 1. The fraction of sp³-hybridized carbons (Fsp3) is 0.692. The predicted molar refractivity (Wildman–Crippen MR) is 70.4 cm³/mol. The molecule has 0 saturated heterocycles. The van der Waals surface area contributed by atoms with Gasteiger partial charge >= 0.3 is 0 Å². The van der Waals surface area contributed by atoms with E-state index in [4.69, 9.17) is 5.11 Å². The summed E-state index contributed by atoms with van der Waals surface area (Å²) in [5.41, 5.74) is 0.974. The zero-order valence-electron chi connectivity index (χ0n) is 11.4. The highest BCUT2D eigenvalue weighted by atomic mass is 16.3. The topological polar surface area (TPSA) is 49.2 Å². The van der Waals surface area contributed by atoms with Gasteiger partial charge < -0.3 is 10.0 Å². The first-order valence-electron chi connectivity index (χ1n) is 6.18. The molecular formula is C13H23N3O. The summed E-state index contributed by atoms with van der Waals surface area (Å²) in [6, 6.07) is 2.29. The average molecular weight is 237 g/mol. The molecule has 0 unspecified atom stereocenters. The number of aryl methyl sites for hydroxylation is 1. The Balaban J connectivity index is 3.10. The summed E-state index contributed by atoms with van der Waals surface area (Å²) < 4.78 is 0. The van der Waals surface area contributed by atoms with Crippen LogP contribution in [0.2, 0.25) is 0 Å². The molecule has 1 aromatic rings. The number of aromatic nitrogens is 2. The van der Waals surface area contributed by atoms with Crippen molar-refractivity contribution in [2.45, 2.75) is 46.6 Å². The van der Waals surface area contributed by atoms with Crippen LogP contribution < -0.4 is 4.90 Å². The zero-order chi connectivity index (χ0) is 13.0. The summed E-state index contributed by atoms with van der Waals surface area (Å²) >= 11 is 0. The van der Waals surface area contributed by atoms with E-state index in [9.17, 15) is 0 Å². The second-order valence-electron chi connectivity index (χ2n) is 4.89. The van der Waals surface area contributed by atoms with Crippen LogP contribution in [0.1, 0.15) is 45.1 Å². The lowest BCUT2D eigenvalue weighted by molar-refractivity contribution is 0.298. The van der Waals surface area contributed by atoms with E-state index in [1.807, 2.05) is 13.0 Å². The highest BCUT2D eigenvalue weighted by Crippen LogP contribution is 2.18. The van der Waals surface area contributed by atoms with E-state index in [0.29, 0.717) is 18.5 Å². The molecule has 96 valence electrons. The van der Waals surface area contributed by atoms with Gasteiger partial charge in [0.15, 0.2) is 0 Å². The van der Waals surface area contributed by atoms with Crippen LogP contribution in [0.4, 0.5) is 5.82 Å². The molecule has 17 heavy (non-hydrogen) atoms. The maximum Gasteiger partial charge on any atom is 0.133 e. The van der Waals surface area contributed by atoms with Gasteiger partial charge in [-0.25, -0.2) is 9.97 Å². The number of aliphatic hydroxyl groups excluding tert-OH is 1. The first-order valence-corrected chi connectivity index (χ1v) is 6.18. The molecule has 0 radical (unpaired) electrons. The molecule has 0 aliphatic carbocycles. The van der Waals surface area contributed by atoms with Crippen molar-refractivity contribution in [3.05, 3.63) is 17.6 Å². The standard InChI is InChI=1S/C13H23N3O/c1-9(2)13-14-11(5)8-12(15-13)16(6-7-17)10(3)4/h8-10,17H,6-7H2,1-5H3. The summed E-state index contributed by atoms with van der Waals surface area (Å²) in [6.07, 6.45) is 0. The molecule has 0 aliphatic heterocycles. The third-order valence-corrected chi connectivity index (χ3v) is 2.63. The van der Waals surface area contributed by atoms with Crippen LogP contribution >= 0.6 is 0 Å². The largest absolute Gasteiger partial charge is 0.395 e. The molecule has 1 heterocycles. The van der Waals surface area contributed by atoms with Crippen molar-refractivity contribution < 1.29 is 5.11 Å². The summed E-state index contributed by atoms with van der Waals surface area (Å²) in [6.45, 7) is 11.1. The van der Waals surface area contributed by atoms with Crippen molar-refractivity contribution in [3.63, 3.8) is 0 Å². The third kappa shape index (κ3) is 3.66. The van der Waals surface area contributed by atoms with Crippen LogP contribution in [0.5, 0.6) is 0 Å². The van der Waals surface area contributed by atoms with E-state index in [1.54, 1.807) is 0 Å². The number of aliphatic hydroxyl groups is 1. The van der Waals surface area contributed by atoms with Crippen LogP contribution in [0.15, 0.2) is 6.07 Å². The van der Waals surface area contributed by atoms with Gasteiger partial charge in [0, 0.05) is 30.3 Å². The van der Waals surface area contributed by atoms with Gasteiger partial charge in [0.2, 0.25) is 0 Å². The average Bonchev–Trinajstić information content (AvgIpc) is 2.24. The molecule has 4 heteroatoms. The SMILES string of the molecule is Cc1cc(N(CCO)C(C)C)nc(C(C)C)n1. The van der Waals surface area contributed by atoms with E-state index < -0.39 is 0 Å². The Bertz CT molecular complexity index is 364. The van der Waals surface area contributed by atoms with E-state index in [2.05, 4.69) is 42.6 Å². The van der Waals surface area contributed by atoms with E-state index in [0.717, 1.165) is 17.3 Å². The van der Waals surface area contributed by atoms with Crippen LogP contribution in [0.3, 0.4) is 0 Å². The first kappa shape index (κ1) is 13.9. The molecule has 1 N–H and O–H groups in total. The number of rotatable bonds is 5. The predicted octanol–water partition coefficient (Wildman–Crippen LogP) is 2.12. The minimum atomic E-state index is 0.137. The summed E-state index contributed by atoms with van der Waals surface area (Å²) in [7, 11) is 0. The Kier molecular flexibility index (Phi) is 4.87. The molecule has 0 fully saturated rings. The Morgan fingerprint density at radius 1 is 1.24 bits per heavy atom. The first-order chi connectivity index (χ1) is 7.95. The number of hydrogen-bond acceptors (Lipinski definition) is 4. The summed E-state index contributed by atoms with van der Waals surface area (Å²) in [5, 5.41) is 9.11. The highest BCUT2D eigenvalue weighted by molar-refractivity contribution is 5.41. The van der Waals surface area contributed by atoms with Crippen molar-refractivity contribution in [1.82, 2.24) is 9.97 Å². The van der Waals surface area contributed by atoms with Gasteiger partial charge in [0.25, 0.3) is 0 Å². The minimum Gasteiger partial charge on any atom is -0.395 e. The van der Waals surface area contributed by atoms with Gasteiger partial charge in [0.1, 0.15) is 11.6 Å². The zero-order valence-corrected chi connectivity index (χ0v) is 11.4. The third-order valence-electron chi connectivity index (χ3n) is 2.63. The van der Waals surface area contributed by atoms with Crippen LogP contribution in [-0.4, -0.2) is 34.3 Å². The lowest BCUT2D eigenvalue weighted by Crippen LogP contribution is -2.34. The molecular weight excluding hydrogens is 214 g/mol. The second-order valence-corrected chi connectivity index (χ2v) is 4.89. The van der Waals surface area contributed by atoms with Crippen molar-refractivity contribution >= 4 is 5.82 Å². The fourth-order valence-electron chi connectivity index (χ4n) is 1.72. The molecule has 4 nitrogen and oxygen atoms in total. The second kappa shape index (κ2) is 5.96. The quantitative estimate of drug-likeness (QED) is 0.852. The molecule has 1 aromatic heterocycles. The van der Waals surface area contributed by atoms with Gasteiger partial charge in [-0.1, -0.05) is 13.8 Å². The van der Waals surface area contributed by atoms with Gasteiger partial charge in [-0.15, -0.1) is 0 Å². The van der Waals surface area contributed by atoms with Crippen molar-refractivity contribution in [2.24, 2.45) is 0 Å². The maximum atomic E-state index is 9.11. The fourth-order valence-corrected chi connectivity index (χ4v) is 1.72. The van der Waals surface area contributed by atoms with Gasteiger partial charge in [-0.2, -0.15) is 0 Å². The van der Waals surface area contributed by atoms with Crippen molar-refractivity contribution in [1.29, 1.82) is 0 Å². The molecule has 0 spiro atoms. The normalized spacial score (nSPS) is 11.3. The maximum absolute atomic E-state index is 9.11. The lowest BCUT2D eigenvalue weighted by atomic mass is 10.2. The summed E-state index contributed by atoms with van der Waals surface area (Å²) in [4.78, 5) is 11.1. The van der Waals surface area contributed by atoms with Crippen LogP contribution in [0, 0.1) is 6.92 Å². The molecule has 0 bridgehead atoms.